The molecular formula is C12H11NO3S. The molecule has 88 valence electrons. The molecule has 1 aromatic rings. The van der Waals surface area contributed by atoms with E-state index in [1.54, 1.807) is 31.2 Å². The Labute approximate surface area is 99.4 Å². The number of rotatable bonds is 2. The molecule has 0 spiro atoms. The predicted octanol–water partition coefficient (Wildman–Crippen LogP) is 1.68. The van der Waals surface area contributed by atoms with E-state index >= 15 is 0 Å². The van der Waals surface area contributed by atoms with Crippen molar-refractivity contribution in [1.82, 2.24) is 0 Å². The summed E-state index contributed by atoms with van der Waals surface area (Å²) in [6.07, 6.45) is 1.14. The summed E-state index contributed by atoms with van der Waals surface area (Å²) >= 11 is 0. The molecule has 0 bridgehead atoms. The van der Waals surface area contributed by atoms with Crippen LogP contribution in [0.4, 0.5) is 0 Å². The zero-order valence-corrected chi connectivity index (χ0v) is 10.0. The van der Waals surface area contributed by atoms with E-state index in [9.17, 15) is 13.2 Å². The predicted molar refractivity (Wildman–Crippen MR) is 65.9 cm³/mol. The smallest absolute Gasteiger partial charge is 0.211 e. The summed E-state index contributed by atoms with van der Waals surface area (Å²) in [6.45, 7) is 1.54. The lowest BCUT2D eigenvalue weighted by Gasteiger charge is -2.16. The number of hydrogen-bond donors (Lipinski definition) is 1. The molecule has 0 atom stereocenters. The highest BCUT2D eigenvalue weighted by atomic mass is 32.2. The van der Waals surface area contributed by atoms with Crippen LogP contribution in [0.2, 0.25) is 0 Å². The third kappa shape index (κ3) is 1.82. The van der Waals surface area contributed by atoms with Crippen LogP contribution in [0.1, 0.15) is 22.8 Å². The van der Waals surface area contributed by atoms with Gasteiger partial charge >= 0.3 is 0 Å². The van der Waals surface area contributed by atoms with E-state index in [1.165, 1.54) is 0 Å². The molecule has 1 aliphatic rings. The fourth-order valence-electron chi connectivity index (χ4n) is 1.73. The van der Waals surface area contributed by atoms with Gasteiger partial charge in [-0.25, -0.2) is 8.42 Å². The molecule has 0 aliphatic heterocycles. The second kappa shape index (κ2) is 3.92. The van der Waals surface area contributed by atoms with Crippen molar-refractivity contribution in [2.45, 2.75) is 6.92 Å². The highest BCUT2D eigenvalue weighted by Gasteiger charge is 2.28. The van der Waals surface area contributed by atoms with Gasteiger partial charge in [0.2, 0.25) is 5.78 Å². The number of carbonyl (C=O) groups is 1. The Morgan fingerprint density at radius 1 is 1.18 bits per heavy atom. The van der Waals surface area contributed by atoms with E-state index in [-0.39, 0.29) is 21.9 Å². The largest absolute Gasteiger partial charge is 0.297 e. The number of Topliss-reactive ketones (excluding diaryl/α,β-unsaturated/α-hetero) is 1. The number of nitrogens with one attached hydrogen (secondary N) is 1. The second-order valence-electron chi connectivity index (χ2n) is 3.70. The van der Waals surface area contributed by atoms with E-state index in [0.717, 1.165) is 6.08 Å². The van der Waals surface area contributed by atoms with Crippen LogP contribution in [-0.2, 0) is 9.84 Å². The van der Waals surface area contributed by atoms with Crippen LogP contribution < -0.4 is 0 Å². The van der Waals surface area contributed by atoms with Gasteiger partial charge in [0, 0.05) is 11.1 Å². The van der Waals surface area contributed by atoms with Gasteiger partial charge in [0.05, 0.1) is 10.7 Å². The molecule has 0 saturated carbocycles. The normalized spacial score (nSPS) is 15.5. The quantitative estimate of drug-likeness (QED) is 0.866. The molecule has 2 rings (SSSR count). The fourth-order valence-corrected chi connectivity index (χ4v) is 2.85. The van der Waals surface area contributed by atoms with E-state index in [0.29, 0.717) is 5.56 Å². The minimum absolute atomic E-state index is 0.0470. The maximum absolute atomic E-state index is 11.9. The maximum Gasteiger partial charge on any atom is 0.211 e. The second-order valence-corrected chi connectivity index (χ2v) is 5.95. The van der Waals surface area contributed by atoms with Gasteiger partial charge in [-0.15, -0.1) is 0 Å². The van der Waals surface area contributed by atoms with Crippen LogP contribution in [0.15, 0.2) is 30.3 Å². The van der Waals surface area contributed by atoms with Gasteiger partial charge in [-0.05, 0) is 6.08 Å². The van der Waals surface area contributed by atoms with Crippen molar-refractivity contribution < 1.29 is 13.2 Å². The first kappa shape index (κ1) is 11.7. The van der Waals surface area contributed by atoms with Crippen LogP contribution in [0.25, 0.3) is 4.91 Å². The summed E-state index contributed by atoms with van der Waals surface area (Å²) in [6, 6.07) is 6.48. The van der Waals surface area contributed by atoms with Crippen LogP contribution in [0.5, 0.6) is 0 Å². The van der Waals surface area contributed by atoms with Crippen LogP contribution in [0.3, 0.4) is 0 Å². The molecule has 0 amide bonds. The third-order valence-electron chi connectivity index (χ3n) is 2.67. The van der Waals surface area contributed by atoms with E-state index < -0.39 is 15.6 Å². The zero-order valence-electron chi connectivity index (χ0n) is 9.23. The van der Waals surface area contributed by atoms with Crippen LogP contribution in [-0.4, -0.2) is 25.7 Å². The van der Waals surface area contributed by atoms with Gasteiger partial charge in [-0.3, -0.25) is 10.2 Å². The summed E-state index contributed by atoms with van der Waals surface area (Å²) < 4.78 is 23.8. The molecule has 0 radical (unpaired) electrons. The molecule has 0 aromatic heterocycles. The molecule has 1 aliphatic carbocycles. The molecule has 1 aromatic carbocycles. The summed E-state index contributed by atoms with van der Waals surface area (Å²) in [5.74, 6) is -0.482. The van der Waals surface area contributed by atoms with Crippen molar-refractivity contribution in [1.29, 1.82) is 5.41 Å². The summed E-state index contributed by atoms with van der Waals surface area (Å²) in [5, 5.41) is 7.52. The molecule has 0 fully saturated rings. The van der Waals surface area contributed by atoms with Gasteiger partial charge in [-0.1, -0.05) is 31.2 Å². The Morgan fingerprint density at radius 3 is 2.35 bits per heavy atom. The van der Waals surface area contributed by atoms with E-state index in [4.69, 9.17) is 5.41 Å². The first-order chi connectivity index (χ1) is 7.97. The number of hydrogen-bond acceptors (Lipinski definition) is 4. The third-order valence-corrected chi connectivity index (χ3v) is 4.44. The topological polar surface area (TPSA) is 75.1 Å². The van der Waals surface area contributed by atoms with Gasteiger partial charge in [0.15, 0.2) is 9.84 Å². The Bertz CT molecular complexity index is 641. The van der Waals surface area contributed by atoms with Crippen LogP contribution >= 0.6 is 0 Å². The van der Waals surface area contributed by atoms with E-state index in [1.807, 2.05) is 0 Å². The molecule has 0 saturated heterocycles. The Morgan fingerprint density at radius 2 is 1.76 bits per heavy atom. The highest BCUT2D eigenvalue weighted by molar-refractivity contribution is 8.00. The molecule has 0 unspecified atom stereocenters. The minimum atomic E-state index is -3.42. The molecule has 1 N–H and O–H groups in total. The number of fused-ring (bicyclic) bond motifs is 1. The fraction of sp³-hybridized carbons (Fsp3) is 0.167. The average molecular weight is 249 g/mol. The van der Waals surface area contributed by atoms with Gasteiger partial charge in [-0.2, -0.15) is 0 Å². The molecular weight excluding hydrogens is 238 g/mol. The minimum Gasteiger partial charge on any atom is -0.297 e. The van der Waals surface area contributed by atoms with Crippen molar-refractivity contribution in [3.05, 3.63) is 41.5 Å². The Balaban J connectivity index is 2.75. The van der Waals surface area contributed by atoms with Gasteiger partial charge in [0.25, 0.3) is 0 Å². The number of allylic oxidation sites excluding steroid dienone is 1. The number of sulfone groups is 1. The zero-order chi connectivity index (χ0) is 12.6. The SMILES string of the molecule is CCS(=O)(=O)C1=CC(=N)C(=O)c2ccccc21. The molecule has 5 heteroatoms. The van der Waals surface area contributed by atoms with Crippen molar-refractivity contribution in [3.63, 3.8) is 0 Å². The molecule has 17 heavy (non-hydrogen) atoms. The van der Waals surface area contributed by atoms with Crippen molar-refractivity contribution >= 4 is 26.2 Å². The van der Waals surface area contributed by atoms with E-state index in [2.05, 4.69) is 0 Å². The lowest BCUT2D eigenvalue weighted by molar-refractivity contribution is 0.106. The maximum atomic E-state index is 11.9. The van der Waals surface area contributed by atoms with Crippen molar-refractivity contribution in [3.8, 4) is 0 Å². The number of carbonyl (C=O) groups excluding carboxylic acids is 1. The standard InChI is InChI=1S/C12H11NO3S/c1-2-17(15,16)11-7-10(13)12(14)9-6-4-3-5-8(9)11/h3-7,13H,2H2,1H3. The number of ketones is 1. The summed E-state index contributed by atoms with van der Waals surface area (Å²) in [5.41, 5.74) is 0.401. The average Bonchev–Trinajstić information content (AvgIpc) is 2.33. The van der Waals surface area contributed by atoms with Crippen molar-refractivity contribution in [2.75, 3.05) is 5.75 Å². The van der Waals surface area contributed by atoms with Gasteiger partial charge < -0.3 is 0 Å². The molecule has 4 nitrogen and oxygen atoms in total. The number of benzene rings is 1. The summed E-state index contributed by atoms with van der Waals surface area (Å²) in [4.78, 5) is 11.8. The summed E-state index contributed by atoms with van der Waals surface area (Å²) in [7, 11) is -3.42. The van der Waals surface area contributed by atoms with Crippen molar-refractivity contribution in [2.24, 2.45) is 0 Å². The van der Waals surface area contributed by atoms with Crippen LogP contribution in [0, 0.1) is 5.41 Å². The van der Waals surface area contributed by atoms with Gasteiger partial charge in [0.1, 0.15) is 5.71 Å². The Kier molecular flexibility index (Phi) is 2.71. The lowest BCUT2D eigenvalue weighted by Crippen LogP contribution is -2.21. The monoisotopic (exact) mass is 249 g/mol. The lowest BCUT2D eigenvalue weighted by atomic mass is 9.95. The Hall–Kier alpha value is -1.75. The molecule has 0 heterocycles. The first-order valence-corrected chi connectivity index (χ1v) is 6.79. The first-order valence-electron chi connectivity index (χ1n) is 5.14. The highest BCUT2D eigenvalue weighted by Crippen LogP contribution is 2.29.